The number of benzene rings is 1. The maximum Gasteiger partial charge on any atom is 0.349 e. The van der Waals surface area contributed by atoms with Crippen LogP contribution in [0.1, 0.15) is 17.3 Å². The van der Waals surface area contributed by atoms with E-state index in [4.69, 9.17) is 4.42 Å². The van der Waals surface area contributed by atoms with Crippen molar-refractivity contribution in [2.75, 3.05) is 19.6 Å². The molecule has 1 N–H and O–H groups in total. The van der Waals surface area contributed by atoms with E-state index in [0.717, 1.165) is 11.9 Å². The van der Waals surface area contributed by atoms with Crippen molar-refractivity contribution in [1.82, 2.24) is 10.2 Å². The molecule has 21 heavy (non-hydrogen) atoms. The Morgan fingerprint density at radius 1 is 1.38 bits per heavy atom. The second kappa shape index (κ2) is 6.28. The summed E-state index contributed by atoms with van der Waals surface area (Å²) in [4.78, 5) is 26.1. The minimum Gasteiger partial charge on any atom is -0.422 e. The molecular weight excluding hydrogens is 292 g/mol. The van der Waals surface area contributed by atoms with Crippen LogP contribution in [0.3, 0.4) is 0 Å². The number of nitrogens with zero attached hydrogens (tertiary/aromatic N) is 1. The van der Waals surface area contributed by atoms with E-state index in [0.29, 0.717) is 18.7 Å². The summed E-state index contributed by atoms with van der Waals surface area (Å²) in [7, 11) is 0. The van der Waals surface area contributed by atoms with Crippen LogP contribution in [-0.2, 0) is 0 Å². The molecule has 1 aliphatic heterocycles. The van der Waals surface area contributed by atoms with Gasteiger partial charge in [-0.3, -0.25) is 4.79 Å². The summed E-state index contributed by atoms with van der Waals surface area (Å²) < 4.78 is 5.21. The summed E-state index contributed by atoms with van der Waals surface area (Å²) in [5.41, 5.74) is 0.0421. The van der Waals surface area contributed by atoms with E-state index in [9.17, 15) is 9.59 Å². The highest BCUT2D eigenvalue weighted by Gasteiger charge is 2.24. The summed E-state index contributed by atoms with van der Waals surface area (Å²) in [5.74, 6) is -0.252. The standard InChI is InChI=1S/C15H16N2O3.ClH/c1-10-9-17(7-6-16-10)14(18)12-8-11-4-2-3-5-13(11)20-15(12)19;/h2-5,8,10,16H,6-7,9H2,1H3;1H/t10-;/m1./s1. The van der Waals surface area contributed by atoms with Crippen LogP contribution in [0.2, 0.25) is 0 Å². The lowest BCUT2D eigenvalue weighted by atomic mass is 10.1. The number of amides is 1. The number of carbonyl (C=O) groups excluding carboxylic acids is 1. The predicted octanol–water partition coefficient (Wildman–Crippen LogP) is 1.65. The Hall–Kier alpha value is -1.85. The van der Waals surface area contributed by atoms with Gasteiger partial charge in [0.1, 0.15) is 11.1 Å². The van der Waals surface area contributed by atoms with Crippen molar-refractivity contribution in [3.8, 4) is 0 Å². The molecule has 1 aliphatic rings. The van der Waals surface area contributed by atoms with Crippen LogP contribution in [-0.4, -0.2) is 36.5 Å². The molecule has 1 aromatic carbocycles. The molecule has 1 aromatic heterocycles. The van der Waals surface area contributed by atoms with Gasteiger partial charge < -0.3 is 14.6 Å². The van der Waals surface area contributed by atoms with Crippen LogP contribution >= 0.6 is 12.4 Å². The molecule has 1 atom stereocenters. The van der Waals surface area contributed by atoms with E-state index in [-0.39, 0.29) is 29.9 Å². The van der Waals surface area contributed by atoms with Crippen molar-refractivity contribution in [2.24, 2.45) is 0 Å². The minimum absolute atomic E-state index is 0. The highest BCUT2D eigenvalue weighted by atomic mass is 35.5. The van der Waals surface area contributed by atoms with E-state index in [1.165, 1.54) is 0 Å². The molecule has 3 rings (SSSR count). The Bertz CT molecular complexity index is 713. The first-order valence-corrected chi connectivity index (χ1v) is 6.71. The first kappa shape index (κ1) is 15.5. The van der Waals surface area contributed by atoms with E-state index in [2.05, 4.69) is 5.32 Å². The number of hydrogen-bond acceptors (Lipinski definition) is 4. The van der Waals surface area contributed by atoms with Crippen molar-refractivity contribution in [2.45, 2.75) is 13.0 Å². The number of piperazine rings is 1. The normalized spacial score (nSPS) is 18.3. The van der Waals surface area contributed by atoms with Crippen molar-refractivity contribution >= 4 is 29.3 Å². The smallest absolute Gasteiger partial charge is 0.349 e. The monoisotopic (exact) mass is 308 g/mol. The Morgan fingerprint density at radius 2 is 2.14 bits per heavy atom. The van der Waals surface area contributed by atoms with Gasteiger partial charge in [-0.05, 0) is 19.1 Å². The molecular formula is C15H17ClN2O3. The Balaban J connectivity index is 0.00000161. The lowest BCUT2D eigenvalue weighted by Gasteiger charge is -2.31. The van der Waals surface area contributed by atoms with Crippen LogP contribution in [0.4, 0.5) is 0 Å². The van der Waals surface area contributed by atoms with Gasteiger partial charge in [-0.25, -0.2) is 4.79 Å². The maximum absolute atomic E-state index is 12.4. The summed E-state index contributed by atoms with van der Waals surface area (Å²) in [6.45, 7) is 3.97. The first-order chi connectivity index (χ1) is 9.65. The quantitative estimate of drug-likeness (QED) is 0.814. The lowest BCUT2D eigenvalue weighted by Crippen LogP contribution is -2.51. The van der Waals surface area contributed by atoms with Crippen molar-refractivity contribution in [1.29, 1.82) is 0 Å². The van der Waals surface area contributed by atoms with E-state index in [1.54, 1.807) is 23.1 Å². The van der Waals surface area contributed by atoms with Gasteiger partial charge in [-0.1, -0.05) is 18.2 Å². The maximum atomic E-state index is 12.4. The predicted molar refractivity (Wildman–Crippen MR) is 83.1 cm³/mol. The van der Waals surface area contributed by atoms with E-state index < -0.39 is 5.63 Å². The molecule has 1 saturated heterocycles. The molecule has 0 saturated carbocycles. The number of carbonyl (C=O) groups is 1. The molecule has 0 radical (unpaired) electrons. The van der Waals surface area contributed by atoms with Crippen molar-refractivity contribution in [3.63, 3.8) is 0 Å². The van der Waals surface area contributed by atoms with E-state index >= 15 is 0 Å². The molecule has 2 heterocycles. The average molecular weight is 309 g/mol. The van der Waals surface area contributed by atoms with Gasteiger partial charge in [0, 0.05) is 31.1 Å². The molecule has 0 bridgehead atoms. The zero-order valence-corrected chi connectivity index (χ0v) is 12.5. The Kier molecular flexibility index (Phi) is 4.65. The highest BCUT2D eigenvalue weighted by molar-refractivity contribution is 5.96. The van der Waals surface area contributed by atoms with Gasteiger partial charge in [-0.2, -0.15) is 0 Å². The summed E-state index contributed by atoms with van der Waals surface area (Å²) in [6.07, 6.45) is 0. The van der Waals surface area contributed by atoms with Gasteiger partial charge >= 0.3 is 5.63 Å². The Labute approximate surface area is 128 Å². The number of rotatable bonds is 1. The van der Waals surface area contributed by atoms with Gasteiger partial charge in [0.05, 0.1) is 0 Å². The zero-order valence-electron chi connectivity index (χ0n) is 11.7. The molecule has 5 nitrogen and oxygen atoms in total. The van der Waals surface area contributed by atoms with Crippen molar-refractivity contribution in [3.05, 3.63) is 46.3 Å². The number of hydrogen-bond donors (Lipinski definition) is 1. The van der Waals surface area contributed by atoms with Crippen LogP contribution in [0, 0.1) is 0 Å². The number of fused-ring (bicyclic) bond motifs is 1. The molecule has 1 amide bonds. The summed E-state index contributed by atoms with van der Waals surface area (Å²) in [6, 6.07) is 9.05. The minimum atomic E-state index is -0.570. The molecule has 0 spiro atoms. The number of halogens is 1. The fraction of sp³-hybridized carbons (Fsp3) is 0.333. The Morgan fingerprint density at radius 3 is 2.90 bits per heavy atom. The van der Waals surface area contributed by atoms with Crippen LogP contribution in [0.5, 0.6) is 0 Å². The fourth-order valence-electron chi connectivity index (χ4n) is 2.50. The van der Waals surface area contributed by atoms with Gasteiger partial charge in [-0.15, -0.1) is 12.4 Å². The van der Waals surface area contributed by atoms with E-state index in [1.807, 2.05) is 19.1 Å². The lowest BCUT2D eigenvalue weighted by molar-refractivity contribution is 0.0705. The highest BCUT2D eigenvalue weighted by Crippen LogP contribution is 2.14. The van der Waals surface area contributed by atoms with Crippen LogP contribution in [0.15, 0.2) is 39.5 Å². The molecule has 1 fully saturated rings. The molecule has 0 unspecified atom stereocenters. The third kappa shape index (κ3) is 3.09. The van der Waals surface area contributed by atoms with Crippen molar-refractivity contribution < 1.29 is 9.21 Å². The third-order valence-electron chi connectivity index (χ3n) is 3.53. The third-order valence-corrected chi connectivity index (χ3v) is 3.53. The van der Waals surface area contributed by atoms with Gasteiger partial charge in [0.25, 0.3) is 5.91 Å². The molecule has 6 heteroatoms. The first-order valence-electron chi connectivity index (χ1n) is 6.71. The second-order valence-corrected chi connectivity index (χ2v) is 5.09. The van der Waals surface area contributed by atoms with Gasteiger partial charge in [0.2, 0.25) is 0 Å². The molecule has 0 aliphatic carbocycles. The molecule has 2 aromatic rings. The number of nitrogens with one attached hydrogen (secondary N) is 1. The second-order valence-electron chi connectivity index (χ2n) is 5.09. The topological polar surface area (TPSA) is 62.6 Å². The SMILES string of the molecule is C[C@@H]1CN(C(=O)c2cc3ccccc3oc2=O)CCN1.Cl. The number of para-hydroxylation sites is 1. The van der Waals surface area contributed by atoms with Crippen LogP contribution in [0.25, 0.3) is 11.0 Å². The summed E-state index contributed by atoms with van der Waals surface area (Å²) >= 11 is 0. The van der Waals surface area contributed by atoms with Gasteiger partial charge in [0.15, 0.2) is 0 Å². The molecule has 112 valence electrons. The van der Waals surface area contributed by atoms with Crippen LogP contribution < -0.4 is 10.9 Å². The largest absolute Gasteiger partial charge is 0.422 e. The fourth-order valence-corrected chi connectivity index (χ4v) is 2.50. The summed E-state index contributed by atoms with van der Waals surface area (Å²) in [5, 5.41) is 4.03. The average Bonchev–Trinajstić information content (AvgIpc) is 2.46. The zero-order chi connectivity index (χ0) is 14.1.